The van der Waals surface area contributed by atoms with Crippen LogP contribution < -0.4 is 10.6 Å². The van der Waals surface area contributed by atoms with Gasteiger partial charge in [0.05, 0.1) is 10.3 Å². The van der Waals surface area contributed by atoms with Crippen molar-refractivity contribution in [2.24, 2.45) is 22.7 Å². The predicted molar refractivity (Wildman–Crippen MR) is 216 cm³/mol. The van der Waals surface area contributed by atoms with Gasteiger partial charge in [-0.1, -0.05) is 107 Å². The molecule has 7 rings (SSSR count). The molecule has 3 heterocycles. The number of hydrogen-bond acceptors (Lipinski definition) is 6. The highest BCUT2D eigenvalue weighted by Gasteiger charge is 2.40. The molecule has 2 aromatic rings. The van der Waals surface area contributed by atoms with Gasteiger partial charge < -0.3 is 20.4 Å². The first kappa shape index (κ1) is 40.7. The van der Waals surface area contributed by atoms with Crippen molar-refractivity contribution < 1.29 is 4.79 Å². The molecule has 4 fully saturated rings. The summed E-state index contributed by atoms with van der Waals surface area (Å²) in [6.45, 7) is 11.3. The molecule has 2 bridgehead atoms. The van der Waals surface area contributed by atoms with Crippen molar-refractivity contribution in [3.63, 3.8) is 0 Å². The highest BCUT2D eigenvalue weighted by atomic mass is 32.2. The lowest BCUT2D eigenvalue weighted by Gasteiger charge is -2.32. The maximum absolute atomic E-state index is 11.3. The number of carbonyl (C=O) groups is 1. The standard InChI is InChI=1S/C29H44N4.C12H17NOS.2CH4/c1-5-14-26(15-6-1)28(24-32-20-9-3-10-21-32)30-18-13-19-31-29(27-16-7-2-8-17-27)25-33-22-11-4-12-23-33;1-7-12(14)13-11(15-7)6-10-5-8-2-3-9(10)4-8;;/h1-2,5-8,14-17,28-31H,3-4,9-13,18-25H2;7-10H,2-6H2,1H3;2*1H4/t28-,29-;;;/m0.../s1. The van der Waals surface area contributed by atoms with Gasteiger partial charge in [0.2, 0.25) is 0 Å². The summed E-state index contributed by atoms with van der Waals surface area (Å²) in [5, 5.41) is 8.97. The van der Waals surface area contributed by atoms with E-state index in [4.69, 9.17) is 0 Å². The summed E-state index contributed by atoms with van der Waals surface area (Å²) < 4.78 is 0. The number of carbonyl (C=O) groups excluding carboxylic acids is 1. The number of thioether (sulfide) groups is 1. The second-order valence-electron chi connectivity index (χ2n) is 15.2. The van der Waals surface area contributed by atoms with E-state index in [1.54, 1.807) is 11.8 Å². The number of piperidine rings is 2. The van der Waals surface area contributed by atoms with Crippen LogP contribution in [0.15, 0.2) is 65.7 Å². The van der Waals surface area contributed by atoms with E-state index in [1.807, 2.05) is 6.92 Å². The fraction of sp³-hybridized carbons (Fsp3) is 0.674. The second-order valence-corrected chi connectivity index (χ2v) is 16.6. The Bertz CT molecular complexity index is 1200. The molecule has 4 unspecified atom stereocenters. The van der Waals surface area contributed by atoms with Crippen LogP contribution in [0.1, 0.15) is 122 Å². The van der Waals surface area contributed by atoms with Crippen molar-refractivity contribution in [2.45, 2.75) is 116 Å². The molecule has 3 aliphatic heterocycles. The SMILES string of the molecule is C.C.CC1SC(CC2CC3CCC2C3)=NC1=O.c1ccc([C@H](CN2CCCCC2)NCCCN[C@@H](CN2CCCCC2)c2ccccc2)cc1. The number of rotatable bonds is 14. The van der Waals surface area contributed by atoms with Crippen molar-refractivity contribution in [1.29, 1.82) is 0 Å². The van der Waals surface area contributed by atoms with Crippen molar-refractivity contribution in [2.75, 3.05) is 52.4 Å². The molecule has 1 amide bonds. The van der Waals surface area contributed by atoms with Crippen molar-refractivity contribution >= 4 is 22.7 Å². The van der Waals surface area contributed by atoms with Crippen LogP contribution in [0.4, 0.5) is 0 Å². The first-order chi connectivity index (χ1) is 23.6. The van der Waals surface area contributed by atoms with Crippen molar-refractivity contribution in [3.05, 3.63) is 71.8 Å². The van der Waals surface area contributed by atoms with Gasteiger partial charge in [0, 0.05) is 25.2 Å². The second kappa shape index (κ2) is 21.5. The minimum atomic E-state index is 0. The summed E-state index contributed by atoms with van der Waals surface area (Å²) >= 11 is 1.69. The van der Waals surface area contributed by atoms with Crippen LogP contribution >= 0.6 is 11.8 Å². The Morgan fingerprint density at radius 1 is 0.740 bits per heavy atom. The quantitative estimate of drug-likeness (QED) is 0.192. The van der Waals surface area contributed by atoms with Gasteiger partial charge in [-0.3, -0.25) is 4.79 Å². The molecular formula is C43H69N5OS. The summed E-state index contributed by atoms with van der Waals surface area (Å²) in [5.41, 5.74) is 2.84. The van der Waals surface area contributed by atoms with E-state index in [0.717, 1.165) is 61.8 Å². The maximum Gasteiger partial charge on any atom is 0.259 e. The molecule has 2 aromatic carbocycles. The summed E-state index contributed by atoms with van der Waals surface area (Å²) in [4.78, 5) is 20.8. The van der Waals surface area contributed by atoms with Crippen LogP contribution in [-0.2, 0) is 4.79 Å². The van der Waals surface area contributed by atoms with Crippen LogP contribution in [0.3, 0.4) is 0 Å². The molecule has 50 heavy (non-hydrogen) atoms. The molecule has 0 radical (unpaired) electrons. The fourth-order valence-electron chi connectivity index (χ4n) is 8.83. The molecule has 6 atom stereocenters. The Balaban J connectivity index is 0.000000276. The van der Waals surface area contributed by atoms with Crippen LogP contribution in [-0.4, -0.2) is 78.4 Å². The Morgan fingerprint density at radius 3 is 1.68 bits per heavy atom. The molecule has 2 aliphatic carbocycles. The zero-order valence-electron chi connectivity index (χ0n) is 29.5. The molecule has 2 N–H and O–H groups in total. The van der Waals surface area contributed by atoms with E-state index >= 15 is 0 Å². The van der Waals surface area contributed by atoms with E-state index in [2.05, 4.69) is 86.1 Å². The zero-order valence-corrected chi connectivity index (χ0v) is 30.4. The number of fused-ring (bicyclic) bond motifs is 2. The van der Waals surface area contributed by atoms with Gasteiger partial charge >= 0.3 is 0 Å². The third-order valence-corrected chi connectivity index (χ3v) is 12.6. The smallest absolute Gasteiger partial charge is 0.259 e. The molecule has 7 heteroatoms. The minimum absolute atomic E-state index is 0. The van der Waals surface area contributed by atoms with Gasteiger partial charge in [-0.15, -0.1) is 0 Å². The molecule has 2 saturated carbocycles. The van der Waals surface area contributed by atoms with Crippen LogP contribution in [0.5, 0.6) is 0 Å². The summed E-state index contributed by atoms with van der Waals surface area (Å²) in [6, 6.07) is 22.9. The minimum Gasteiger partial charge on any atom is -0.309 e. The summed E-state index contributed by atoms with van der Waals surface area (Å²) in [7, 11) is 0. The zero-order chi connectivity index (χ0) is 33.0. The summed E-state index contributed by atoms with van der Waals surface area (Å²) in [5.74, 6) is 2.87. The molecule has 0 spiro atoms. The van der Waals surface area contributed by atoms with Gasteiger partial charge in [0.25, 0.3) is 5.91 Å². The number of likely N-dealkylation sites (tertiary alicyclic amines) is 2. The van der Waals surface area contributed by atoms with E-state index in [0.29, 0.717) is 12.1 Å². The van der Waals surface area contributed by atoms with Gasteiger partial charge in [-0.05, 0) is 133 Å². The number of amides is 1. The third-order valence-electron chi connectivity index (χ3n) is 11.5. The monoisotopic (exact) mass is 704 g/mol. The average Bonchev–Trinajstić information content (AvgIpc) is 3.85. The number of hydrogen-bond donors (Lipinski definition) is 2. The van der Waals surface area contributed by atoms with Crippen molar-refractivity contribution in [1.82, 2.24) is 20.4 Å². The largest absolute Gasteiger partial charge is 0.309 e. The normalized spacial score (nSPS) is 26.3. The maximum atomic E-state index is 11.3. The van der Waals surface area contributed by atoms with E-state index in [-0.39, 0.29) is 26.0 Å². The first-order valence-corrected chi connectivity index (χ1v) is 20.3. The molecule has 0 aromatic heterocycles. The highest BCUT2D eigenvalue weighted by Crippen LogP contribution is 2.50. The lowest BCUT2D eigenvalue weighted by Crippen LogP contribution is -2.40. The van der Waals surface area contributed by atoms with Gasteiger partial charge in [-0.25, -0.2) is 4.99 Å². The number of aliphatic imine (C=N–C) groups is 1. The van der Waals surface area contributed by atoms with E-state index in [9.17, 15) is 4.79 Å². The Morgan fingerprint density at radius 2 is 1.26 bits per heavy atom. The predicted octanol–water partition coefficient (Wildman–Crippen LogP) is 9.16. The lowest BCUT2D eigenvalue weighted by molar-refractivity contribution is -0.116. The van der Waals surface area contributed by atoms with Crippen molar-refractivity contribution in [3.8, 4) is 0 Å². The average molecular weight is 704 g/mol. The summed E-state index contributed by atoms with van der Waals surface area (Å²) in [6.07, 6.45) is 16.1. The number of nitrogens with zero attached hydrogens (tertiary/aromatic N) is 3. The molecular weight excluding hydrogens is 635 g/mol. The Kier molecular flexibility index (Phi) is 17.5. The molecule has 278 valence electrons. The van der Waals surface area contributed by atoms with Gasteiger partial charge in [0.15, 0.2) is 0 Å². The van der Waals surface area contributed by atoms with E-state index < -0.39 is 0 Å². The number of nitrogens with one attached hydrogen (secondary N) is 2. The fourth-order valence-corrected chi connectivity index (χ4v) is 9.84. The van der Waals surface area contributed by atoms with Crippen LogP contribution in [0, 0.1) is 17.8 Å². The number of benzene rings is 2. The molecule has 6 nitrogen and oxygen atoms in total. The van der Waals surface area contributed by atoms with Gasteiger partial charge in [-0.2, -0.15) is 0 Å². The van der Waals surface area contributed by atoms with Crippen LogP contribution in [0.2, 0.25) is 0 Å². The lowest BCUT2D eigenvalue weighted by atomic mass is 9.87. The van der Waals surface area contributed by atoms with Gasteiger partial charge in [0.1, 0.15) is 0 Å². The highest BCUT2D eigenvalue weighted by molar-refractivity contribution is 8.15. The molecule has 5 aliphatic rings. The van der Waals surface area contributed by atoms with Crippen LogP contribution in [0.25, 0.3) is 0 Å². The van der Waals surface area contributed by atoms with E-state index in [1.165, 1.54) is 102 Å². The Hall–Kier alpha value is -2.03. The topological polar surface area (TPSA) is 60.0 Å². The third kappa shape index (κ3) is 12.3. The first-order valence-electron chi connectivity index (χ1n) is 19.4. The molecule has 2 saturated heterocycles. The Labute approximate surface area is 310 Å².